The van der Waals surface area contributed by atoms with Crippen molar-refractivity contribution in [1.29, 1.82) is 0 Å². The number of aromatic nitrogens is 2. The molecule has 88 valence electrons. The molecule has 2 rings (SSSR count). The van der Waals surface area contributed by atoms with Crippen LogP contribution in [-0.4, -0.2) is 22.9 Å². The van der Waals surface area contributed by atoms with Gasteiger partial charge in [0.1, 0.15) is 11.6 Å². The van der Waals surface area contributed by atoms with Crippen LogP contribution in [0.5, 0.6) is 5.75 Å². The highest BCUT2D eigenvalue weighted by atomic mass is 35.5. The number of ether oxygens (including phenoxy) is 1. The van der Waals surface area contributed by atoms with Gasteiger partial charge in [-0.2, -0.15) is 0 Å². The van der Waals surface area contributed by atoms with Crippen molar-refractivity contribution in [2.75, 3.05) is 7.11 Å². The number of aromatic amines is 1. The van der Waals surface area contributed by atoms with Crippen LogP contribution >= 0.6 is 11.6 Å². The first-order valence-corrected chi connectivity index (χ1v) is 5.43. The van der Waals surface area contributed by atoms with Crippen LogP contribution in [0.25, 0.3) is 0 Å². The lowest BCUT2D eigenvalue weighted by Gasteiger charge is -2.07. The molecule has 1 heterocycles. The fourth-order valence-corrected chi connectivity index (χ4v) is 1.71. The largest absolute Gasteiger partial charge is 0.496 e. The molecule has 0 aliphatic carbocycles. The second-order valence-corrected chi connectivity index (χ2v) is 3.92. The van der Waals surface area contributed by atoms with Crippen LogP contribution in [0.2, 0.25) is 5.02 Å². The number of nitrogens with one attached hydrogen (secondary N) is 1. The Labute approximate surface area is 104 Å². The minimum Gasteiger partial charge on any atom is -0.496 e. The molecule has 0 bridgehead atoms. The van der Waals surface area contributed by atoms with Crippen LogP contribution in [0.1, 0.15) is 16.2 Å². The Morgan fingerprint density at radius 1 is 1.53 bits per heavy atom. The van der Waals surface area contributed by atoms with Crippen LogP contribution in [0.3, 0.4) is 0 Å². The molecule has 0 aliphatic heterocycles. The summed E-state index contributed by atoms with van der Waals surface area (Å²) in [6.07, 6.45) is 3.49. The maximum absolute atomic E-state index is 12.0. The minimum atomic E-state index is -0.0840. The van der Waals surface area contributed by atoms with Gasteiger partial charge in [0, 0.05) is 17.4 Å². The number of H-pyrrole nitrogens is 1. The summed E-state index contributed by atoms with van der Waals surface area (Å²) < 4.78 is 5.13. The molecule has 1 aromatic heterocycles. The third-order valence-corrected chi connectivity index (χ3v) is 2.58. The highest BCUT2D eigenvalue weighted by Crippen LogP contribution is 2.23. The van der Waals surface area contributed by atoms with Gasteiger partial charge in [0.25, 0.3) is 0 Å². The average Bonchev–Trinajstić information content (AvgIpc) is 2.81. The van der Waals surface area contributed by atoms with Gasteiger partial charge in [-0.25, -0.2) is 4.98 Å². The Balaban J connectivity index is 2.26. The fraction of sp³-hybridized carbons (Fsp3) is 0.167. The summed E-state index contributed by atoms with van der Waals surface area (Å²) in [5.41, 5.74) is 0.469. The van der Waals surface area contributed by atoms with E-state index in [9.17, 15) is 4.79 Å². The molecular weight excluding hydrogens is 240 g/mol. The van der Waals surface area contributed by atoms with E-state index >= 15 is 0 Å². The molecule has 0 atom stereocenters. The number of hydrogen-bond acceptors (Lipinski definition) is 3. The summed E-state index contributed by atoms with van der Waals surface area (Å²) in [6, 6.07) is 4.97. The quantitative estimate of drug-likeness (QED) is 0.849. The minimum absolute atomic E-state index is 0.0840. The Kier molecular flexibility index (Phi) is 3.44. The van der Waals surface area contributed by atoms with Gasteiger partial charge in [-0.05, 0) is 18.2 Å². The van der Waals surface area contributed by atoms with Crippen LogP contribution in [0.4, 0.5) is 0 Å². The molecule has 0 saturated heterocycles. The fourth-order valence-electron chi connectivity index (χ4n) is 1.54. The number of benzene rings is 1. The molecule has 2 aromatic rings. The number of Topliss-reactive ketones (excluding diaryl/α,β-unsaturated/α-hetero) is 1. The van der Waals surface area contributed by atoms with Crippen LogP contribution in [-0.2, 0) is 6.42 Å². The lowest BCUT2D eigenvalue weighted by Crippen LogP contribution is -2.07. The second-order valence-electron chi connectivity index (χ2n) is 3.48. The van der Waals surface area contributed by atoms with Gasteiger partial charge < -0.3 is 9.72 Å². The molecule has 5 heteroatoms. The monoisotopic (exact) mass is 250 g/mol. The van der Waals surface area contributed by atoms with E-state index in [1.807, 2.05) is 0 Å². The Morgan fingerprint density at radius 3 is 3.00 bits per heavy atom. The van der Waals surface area contributed by atoms with Gasteiger partial charge in [-0.1, -0.05) is 11.6 Å². The van der Waals surface area contributed by atoms with Crippen LogP contribution < -0.4 is 4.74 Å². The predicted molar refractivity (Wildman–Crippen MR) is 64.6 cm³/mol. The smallest absolute Gasteiger partial charge is 0.174 e. The highest BCUT2D eigenvalue weighted by Gasteiger charge is 2.14. The number of carbonyl (C=O) groups excluding carboxylic acids is 1. The van der Waals surface area contributed by atoms with E-state index in [0.29, 0.717) is 22.2 Å². The lowest BCUT2D eigenvalue weighted by atomic mass is 10.1. The third-order valence-electron chi connectivity index (χ3n) is 2.34. The van der Waals surface area contributed by atoms with Crippen molar-refractivity contribution >= 4 is 17.4 Å². The molecule has 0 amide bonds. The van der Waals surface area contributed by atoms with Crippen molar-refractivity contribution in [3.63, 3.8) is 0 Å². The van der Waals surface area contributed by atoms with Gasteiger partial charge in [-0.3, -0.25) is 4.79 Å². The van der Waals surface area contributed by atoms with Crippen molar-refractivity contribution in [2.45, 2.75) is 6.42 Å². The average molecular weight is 251 g/mol. The highest BCUT2D eigenvalue weighted by molar-refractivity contribution is 6.31. The van der Waals surface area contributed by atoms with Gasteiger partial charge in [-0.15, -0.1) is 0 Å². The van der Waals surface area contributed by atoms with Crippen molar-refractivity contribution in [1.82, 2.24) is 9.97 Å². The van der Waals surface area contributed by atoms with Gasteiger partial charge in [0.15, 0.2) is 5.78 Å². The molecular formula is C12H11ClN2O2. The third kappa shape index (κ3) is 2.65. The Morgan fingerprint density at radius 2 is 2.35 bits per heavy atom. The Hall–Kier alpha value is -1.81. The van der Waals surface area contributed by atoms with E-state index in [1.54, 1.807) is 30.6 Å². The number of nitrogens with zero attached hydrogens (tertiary/aromatic N) is 1. The molecule has 0 radical (unpaired) electrons. The number of carbonyl (C=O) groups is 1. The van der Waals surface area contributed by atoms with E-state index in [-0.39, 0.29) is 12.2 Å². The molecule has 1 N–H and O–H groups in total. The molecule has 0 fully saturated rings. The lowest BCUT2D eigenvalue weighted by molar-refractivity contribution is 0.0988. The number of methoxy groups -OCH3 is 1. The first-order chi connectivity index (χ1) is 8.20. The molecule has 4 nitrogen and oxygen atoms in total. The van der Waals surface area contributed by atoms with Crippen molar-refractivity contribution in [3.05, 3.63) is 47.0 Å². The molecule has 0 aliphatic rings. The van der Waals surface area contributed by atoms with E-state index < -0.39 is 0 Å². The second kappa shape index (κ2) is 5.01. The summed E-state index contributed by atoms with van der Waals surface area (Å²) in [6.45, 7) is 0. The number of imidazole rings is 1. The van der Waals surface area contributed by atoms with Crippen molar-refractivity contribution < 1.29 is 9.53 Å². The molecule has 1 aromatic carbocycles. The molecule has 0 spiro atoms. The van der Waals surface area contributed by atoms with Gasteiger partial charge >= 0.3 is 0 Å². The number of ketones is 1. The summed E-state index contributed by atoms with van der Waals surface area (Å²) >= 11 is 5.87. The molecule has 0 saturated carbocycles. The van der Waals surface area contributed by atoms with E-state index in [4.69, 9.17) is 16.3 Å². The van der Waals surface area contributed by atoms with Gasteiger partial charge in [0.05, 0.1) is 19.1 Å². The predicted octanol–water partition coefficient (Wildman–Crippen LogP) is 2.50. The van der Waals surface area contributed by atoms with Crippen LogP contribution in [0, 0.1) is 0 Å². The van der Waals surface area contributed by atoms with Crippen molar-refractivity contribution in [2.24, 2.45) is 0 Å². The summed E-state index contributed by atoms with van der Waals surface area (Å²) in [5.74, 6) is 1.06. The maximum Gasteiger partial charge on any atom is 0.174 e. The molecule has 17 heavy (non-hydrogen) atoms. The SMILES string of the molecule is COc1ccc(Cl)cc1C(=O)Cc1ncc[nH]1. The summed E-state index contributed by atoms with van der Waals surface area (Å²) in [4.78, 5) is 18.9. The zero-order valence-corrected chi connectivity index (χ0v) is 9.99. The normalized spacial score (nSPS) is 10.2. The number of rotatable bonds is 4. The zero-order valence-electron chi connectivity index (χ0n) is 9.24. The van der Waals surface area contributed by atoms with Crippen LogP contribution in [0.15, 0.2) is 30.6 Å². The van der Waals surface area contributed by atoms with E-state index in [0.717, 1.165) is 0 Å². The van der Waals surface area contributed by atoms with Crippen molar-refractivity contribution in [3.8, 4) is 5.75 Å². The first-order valence-electron chi connectivity index (χ1n) is 5.05. The molecule has 0 unspecified atom stereocenters. The topological polar surface area (TPSA) is 55.0 Å². The standard InChI is InChI=1S/C12H11ClN2O2/c1-17-11-3-2-8(13)6-9(11)10(16)7-12-14-4-5-15-12/h2-6H,7H2,1H3,(H,14,15). The maximum atomic E-state index is 12.0. The summed E-state index contributed by atoms with van der Waals surface area (Å²) in [7, 11) is 1.52. The van der Waals surface area contributed by atoms with Gasteiger partial charge in [0.2, 0.25) is 0 Å². The summed E-state index contributed by atoms with van der Waals surface area (Å²) in [5, 5.41) is 0.508. The first kappa shape index (κ1) is 11.7. The zero-order chi connectivity index (χ0) is 12.3. The van der Waals surface area contributed by atoms with E-state index in [1.165, 1.54) is 7.11 Å². The van der Waals surface area contributed by atoms with E-state index in [2.05, 4.69) is 9.97 Å². The number of hydrogen-bond donors (Lipinski definition) is 1. The Bertz CT molecular complexity index is 523. The number of halogens is 1.